The van der Waals surface area contributed by atoms with Gasteiger partial charge in [0.05, 0.1) is 5.69 Å². The summed E-state index contributed by atoms with van der Waals surface area (Å²) in [6, 6.07) is 0. The molecule has 3 rings (SSSR count). The molecule has 1 aliphatic rings. The van der Waals surface area contributed by atoms with Crippen LogP contribution >= 0.6 is 0 Å². The average Bonchev–Trinajstić information content (AvgIpc) is 2.83. The second kappa shape index (κ2) is 4.73. The van der Waals surface area contributed by atoms with Crippen LogP contribution < -0.4 is 5.32 Å². The highest BCUT2D eigenvalue weighted by atomic mass is 16.5. The van der Waals surface area contributed by atoms with Crippen molar-refractivity contribution in [1.29, 1.82) is 0 Å². The molecule has 0 aromatic carbocycles. The van der Waals surface area contributed by atoms with Crippen molar-refractivity contribution in [3.8, 4) is 0 Å². The zero-order chi connectivity index (χ0) is 14.2. The Balaban J connectivity index is 2.02. The molecule has 1 saturated carbocycles. The number of anilines is 1. The molecule has 106 valence electrons. The first-order chi connectivity index (χ1) is 9.62. The Bertz CT molecular complexity index is 646. The molecule has 0 atom stereocenters. The van der Waals surface area contributed by atoms with Crippen molar-refractivity contribution in [3.63, 3.8) is 0 Å². The van der Waals surface area contributed by atoms with Gasteiger partial charge < -0.3 is 14.9 Å². The van der Waals surface area contributed by atoms with Crippen molar-refractivity contribution in [1.82, 2.24) is 15.1 Å². The molecule has 2 aromatic rings. The van der Waals surface area contributed by atoms with Gasteiger partial charge in [0.2, 0.25) is 0 Å². The van der Waals surface area contributed by atoms with Gasteiger partial charge in [0.1, 0.15) is 23.1 Å². The van der Waals surface area contributed by atoms with Gasteiger partial charge in [-0.3, -0.25) is 0 Å². The number of rotatable bonds is 3. The minimum absolute atomic E-state index is 0.372. The van der Waals surface area contributed by atoms with Gasteiger partial charge in [0.25, 0.3) is 5.71 Å². The van der Waals surface area contributed by atoms with E-state index >= 15 is 0 Å². The minimum Gasteiger partial charge on any atom is -0.480 e. The second-order valence-corrected chi connectivity index (χ2v) is 5.24. The lowest BCUT2D eigenvalue weighted by molar-refractivity contribution is -0.143. The van der Waals surface area contributed by atoms with E-state index in [0.29, 0.717) is 35.5 Å². The number of carboxylic acid groups (broad SMARTS) is 1. The molecule has 2 heterocycles. The lowest BCUT2D eigenvalue weighted by Crippen LogP contribution is -2.48. The summed E-state index contributed by atoms with van der Waals surface area (Å²) in [4.78, 5) is 19.9. The van der Waals surface area contributed by atoms with Crippen molar-refractivity contribution >= 4 is 22.9 Å². The topological polar surface area (TPSA) is 101 Å². The standard InChI is InChI=1S/C13H16N4O3/c1-8-9-10(14-7-15-11(9)20-17-8)16-13(12(18)19)5-3-2-4-6-13/h7H,2-6H2,1H3,(H,18,19)(H,14,15,16). The fraction of sp³-hybridized carbons (Fsp3) is 0.538. The number of nitrogens with zero attached hydrogens (tertiary/aromatic N) is 3. The second-order valence-electron chi connectivity index (χ2n) is 5.24. The van der Waals surface area contributed by atoms with Crippen LogP contribution in [0, 0.1) is 6.92 Å². The van der Waals surface area contributed by atoms with Crippen molar-refractivity contribution < 1.29 is 14.4 Å². The van der Waals surface area contributed by atoms with E-state index < -0.39 is 11.5 Å². The normalized spacial score (nSPS) is 18.1. The van der Waals surface area contributed by atoms with Crippen LogP contribution in [-0.4, -0.2) is 31.7 Å². The van der Waals surface area contributed by atoms with Crippen molar-refractivity contribution in [2.45, 2.75) is 44.6 Å². The van der Waals surface area contributed by atoms with E-state index in [1.54, 1.807) is 6.92 Å². The van der Waals surface area contributed by atoms with E-state index in [-0.39, 0.29) is 0 Å². The molecule has 0 spiro atoms. The quantitative estimate of drug-likeness (QED) is 0.885. The van der Waals surface area contributed by atoms with Crippen LogP contribution in [0.1, 0.15) is 37.8 Å². The molecule has 0 unspecified atom stereocenters. The summed E-state index contributed by atoms with van der Waals surface area (Å²) in [5.74, 6) is -0.351. The summed E-state index contributed by atoms with van der Waals surface area (Å²) < 4.78 is 5.08. The van der Waals surface area contributed by atoms with Gasteiger partial charge in [0.15, 0.2) is 0 Å². The van der Waals surface area contributed by atoms with Gasteiger partial charge >= 0.3 is 5.97 Å². The van der Waals surface area contributed by atoms with Gasteiger partial charge in [-0.1, -0.05) is 24.4 Å². The van der Waals surface area contributed by atoms with Crippen molar-refractivity contribution in [3.05, 3.63) is 12.0 Å². The van der Waals surface area contributed by atoms with E-state index in [0.717, 1.165) is 19.3 Å². The molecule has 0 aliphatic heterocycles. The van der Waals surface area contributed by atoms with Crippen molar-refractivity contribution in [2.24, 2.45) is 0 Å². The zero-order valence-corrected chi connectivity index (χ0v) is 11.2. The first kappa shape index (κ1) is 12.8. The lowest BCUT2D eigenvalue weighted by Gasteiger charge is -2.34. The maximum atomic E-state index is 11.7. The number of nitrogens with one attached hydrogen (secondary N) is 1. The summed E-state index contributed by atoms with van der Waals surface area (Å²) in [7, 11) is 0. The Morgan fingerprint density at radius 1 is 1.35 bits per heavy atom. The Kier molecular flexibility index (Phi) is 3.04. The number of fused-ring (bicyclic) bond motifs is 1. The van der Waals surface area contributed by atoms with Gasteiger partial charge in [-0.15, -0.1) is 0 Å². The third-order valence-electron chi connectivity index (χ3n) is 3.92. The molecule has 1 fully saturated rings. The van der Waals surface area contributed by atoms with Crippen molar-refractivity contribution in [2.75, 3.05) is 5.32 Å². The minimum atomic E-state index is -0.955. The first-order valence-corrected chi connectivity index (χ1v) is 6.71. The number of aliphatic carboxylic acids is 1. The molecular weight excluding hydrogens is 260 g/mol. The number of aryl methyl sites for hydroxylation is 1. The molecule has 0 bridgehead atoms. The number of carboxylic acids is 1. The number of hydrogen-bond acceptors (Lipinski definition) is 6. The molecule has 2 N–H and O–H groups in total. The number of hydrogen-bond donors (Lipinski definition) is 2. The van der Waals surface area contributed by atoms with Crippen LogP contribution in [0.2, 0.25) is 0 Å². The molecule has 1 aliphatic carbocycles. The smallest absolute Gasteiger partial charge is 0.329 e. The monoisotopic (exact) mass is 276 g/mol. The Hall–Kier alpha value is -2.18. The summed E-state index contributed by atoms with van der Waals surface area (Å²) in [6.07, 6.45) is 5.42. The average molecular weight is 276 g/mol. The fourth-order valence-electron chi connectivity index (χ4n) is 2.79. The van der Waals surface area contributed by atoms with Crippen LogP contribution in [0.3, 0.4) is 0 Å². The van der Waals surface area contributed by atoms with E-state index in [1.807, 2.05) is 0 Å². The Morgan fingerprint density at radius 3 is 2.80 bits per heavy atom. The molecular formula is C13H16N4O3. The molecule has 0 amide bonds. The summed E-state index contributed by atoms with van der Waals surface area (Å²) in [6.45, 7) is 1.79. The van der Waals surface area contributed by atoms with E-state index in [9.17, 15) is 9.90 Å². The highest BCUT2D eigenvalue weighted by Crippen LogP contribution is 2.34. The molecule has 0 radical (unpaired) electrons. The molecule has 2 aromatic heterocycles. The third kappa shape index (κ3) is 1.99. The van der Waals surface area contributed by atoms with Gasteiger partial charge in [-0.2, -0.15) is 4.98 Å². The maximum Gasteiger partial charge on any atom is 0.329 e. The predicted molar refractivity (Wildman–Crippen MR) is 71.4 cm³/mol. The molecule has 20 heavy (non-hydrogen) atoms. The highest BCUT2D eigenvalue weighted by molar-refractivity contribution is 5.91. The largest absolute Gasteiger partial charge is 0.480 e. The number of aromatic nitrogens is 3. The Labute approximate surface area is 115 Å². The SMILES string of the molecule is Cc1noc2ncnc(NC3(C(=O)O)CCCCC3)c12. The summed E-state index contributed by atoms with van der Waals surface area (Å²) in [5, 5.41) is 17.2. The van der Waals surface area contributed by atoms with Gasteiger partial charge in [-0.25, -0.2) is 9.78 Å². The maximum absolute atomic E-state index is 11.7. The van der Waals surface area contributed by atoms with Crippen LogP contribution in [0.15, 0.2) is 10.9 Å². The molecule has 7 nitrogen and oxygen atoms in total. The molecule has 7 heteroatoms. The van der Waals surface area contributed by atoms with Crippen LogP contribution in [0.5, 0.6) is 0 Å². The summed E-state index contributed by atoms with van der Waals surface area (Å²) >= 11 is 0. The van der Waals surface area contributed by atoms with E-state index in [1.165, 1.54) is 6.33 Å². The van der Waals surface area contributed by atoms with Crippen LogP contribution in [0.4, 0.5) is 5.82 Å². The predicted octanol–water partition coefficient (Wildman–Crippen LogP) is 2.13. The lowest BCUT2D eigenvalue weighted by atomic mass is 9.81. The number of carbonyl (C=O) groups is 1. The zero-order valence-electron chi connectivity index (χ0n) is 11.2. The van der Waals surface area contributed by atoms with Gasteiger partial charge in [-0.05, 0) is 19.8 Å². The fourth-order valence-corrected chi connectivity index (χ4v) is 2.79. The summed E-state index contributed by atoms with van der Waals surface area (Å²) in [5.41, 5.74) is 0.0688. The highest BCUT2D eigenvalue weighted by Gasteiger charge is 2.40. The molecule has 0 saturated heterocycles. The first-order valence-electron chi connectivity index (χ1n) is 6.71. The van der Waals surface area contributed by atoms with E-state index in [4.69, 9.17) is 4.52 Å². The van der Waals surface area contributed by atoms with E-state index in [2.05, 4.69) is 20.4 Å². The van der Waals surface area contributed by atoms with Crippen LogP contribution in [0.25, 0.3) is 11.1 Å². The Morgan fingerprint density at radius 2 is 2.10 bits per heavy atom. The van der Waals surface area contributed by atoms with Crippen LogP contribution in [-0.2, 0) is 4.79 Å². The van der Waals surface area contributed by atoms with Gasteiger partial charge in [0, 0.05) is 0 Å². The third-order valence-corrected chi connectivity index (χ3v) is 3.92.